The SMILES string of the molecule is CCC1=CN(S(=O)(=O)c2ccccc2)C(N)S1. The van der Waals surface area contributed by atoms with Crippen molar-refractivity contribution in [2.24, 2.45) is 5.73 Å². The second-order valence-corrected chi connectivity index (χ2v) is 6.69. The van der Waals surface area contributed by atoms with E-state index in [1.54, 1.807) is 36.5 Å². The first-order valence-electron chi connectivity index (χ1n) is 5.27. The average molecular weight is 270 g/mol. The van der Waals surface area contributed by atoms with Gasteiger partial charge in [0.05, 0.1) is 4.90 Å². The molecule has 2 rings (SSSR count). The van der Waals surface area contributed by atoms with Crippen LogP contribution in [0.5, 0.6) is 0 Å². The molecule has 0 spiro atoms. The van der Waals surface area contributed by atoms with Crippen LogP contribution in [0.15, 0.2) is 46.3 Å². The summed E-state index contributed by atoms with van der Waals surface area (Å²) in [5, 5.41) is 0. The van der Waals surface area contributed by atoms with Gasteiger partial charge >= 0.3 is 0 Å². The van der Waals surface area contributed by atoms with E-state index < -0.39 is 15.5 Å². The highest BCUT2D eigenvalue weighted by atomic mass is 32.2. The molecule has 0 aliphatic carbocycles. The molecule has 1 aliphatic rings. The summed E-state index contributed by atoms with van der Waals surface area (Å²) in [5.74, 6) is 0. The molecule has 6 heteroatoms. The highest BCUT2D eigenvalue weighted by molar-refractivity contribution is 8.04. The van der Waals surface area contributed by atoms with Gasteiger partial charge in [0.2, 0.25) is 0 Å². The van der Waals surface area contributed by atoms with Crippen LogP contribution in [0, 0.1) is 0 Å². The maximum atomic E-state index is 12.3. The van der Waals surface area contributed by atoms with E-state index in [1.807, 2.05) is 6.92 Å². The largest absolute Gasteiger partial charge is 0.301 e. The maximum Gasteiger partial charge on any atom is 0.265 e. The van der Waals surface area contributed by atoms with Crippen LogP contribution < -0.4 is 5.73 Å². The normalized spacial score (nSPS) is 20.5. The van der Waals surface area contributed by atoms with Crippen LogP contribution in [-0.2, 0) is 10.0 Å². The van der Waals surface area contributed by atoms with E-state index in [2.05, 4.69) is 0 Å². The van der Waals surface area contributed by atoms with Crippen molar-refractivity contribution in [2.45, 2.75) is 23.7 Å². The summed E-state index contributed by atoms with van der Waals surface area (Å²) in [6.45, 7) is 1.98. The summed E-state index contributed by atoms with van der Waals surface area (Å²) in [6, 6.07) is 8.33. The lowest BCUT2D eigenvalue weighted by Crippen LogP contribution is -2.37. The predicted octanol–water partition coefficient (Wildman–Crippen LogP) is 1.92. The second kappa shape index (κ2) is 4.72. The average Bonchev–Trinajstić information content (AvgIpc) is 2.72. The van der Waals surface area contributed by atoms with Crippen molar-refractivity contribution in [3.63, 3.8) is 0 Å². The van der Waals surface area contributed by atoms with Crippen molar-refractivity contribution in [3.05, 3.63) is 41.4 Å². The Morgan fingerprint density at radius 3 is 2.53 bits per heavy atom. The van der Waals surface area contributed by atoms with E-state index >= 15 is 0 Å². The first-order valence-corrected chi connectivity index (χ1v) is 7.59. The quantitative estimate of drug-likeness (QED) is 0.911. The van der Waals surface area contributed by atoms with Gasteiger partial charge in [0.25, 0.3) is 10.0 Å². The zero-order valence-corrected chi connectivity index (χ0v) is 11.0. The number of rotatable bonds is 3. The van der Waals surface area contributed by atoms with Crippen LogP contribution in [0.3, 0.4) is 0 Å². The number of sulfonamides is 1. The van der Waals surface area contributed by atoms with Gasteiger partial charge in [-0.25, -0.2) is 12.7 Å². The molecule has 0 saturated heterocycles. The van der Waals surface area contributed by atoms with Gasteiger partial charge in [-0.3, -0.25) is 0 Å². The molecule has 0 amide bonds. The molecular weight excluding hydrogens is 256 g/mol. The Bertz CT molecular complexity index is 526. The fraction of sp³-hybridized carbons (Fsp3) is 0.273. The van der Waals surface area contributed by atoms with Crippen molar-refractivity contribution in [2.75, 3.05) is 0 Å². The zero-order valence-electron chi connectivity index (χ0n) is 9.41. The van der Waals surface area contributed by atoms with E-state index in [1.165, 1.54) is 16.1 Å². The Hall–Kier alpha value is -0.980. The number of nitrogens with zero attached hydrogens (tertiary/aromatic N) is 1. The molecule has 2 N–H and O–H groups in total. The number of allylic oxidation sites excluding steroid dienone is 1. The van der Waals surface area contributed by atoms with Gasteiger partial charge in [-0.05, 0) is 18.6 Å². The van der Waals surface area contributed by atoms with E-state index in [0.717, 1.165) is 11.3 Å². The summed E-state index contributed by atoms with van der Waals surface area (Å²) < 4.78 is 25.8. The molecule has 0 fully saturated rings. The van der Waals surface area contributed by atoms with Crippen molar-refractivity contribution in [3.8, 4) is 0 Å². The Labute approximate surface area is 106 Å². The molecular formula is C11H14N2O2S2. The fourth-order valence-electron chi connectivity index (χ4n) is 1.55. The van der Waals surface area contributed by atoms with Gasteiger partial charge in [-0.1, -0.05) is 36.9 Å². The number of hydrogen-bond acceptors (Lipinski definition) is 4. The lowest BCUT2D eigenvalue weighted by atomic mass is 10.4. The van der Waals surface area contributed by atoms with Crippen LogP contribution in [0.2, 0.25) is 0 Å². The topological polar surface area (TPSA) is 63.4 Å². The third kappa shape index (κ3) is 2.34. The lowest BCUT2D eigenvalue weighted by molar-refractivity contribution is 0.491. The minimum atomic E-state index is -3.52. The second-order valence-electron chi connectivity index (χ2n) is 3.61. The highest BCUT2D eigenvalue weighted by Crippen LogP contribution is 2.35. The molecule has 1 atom stereocenters. The first kappa shape index (κ1) is 12.5. The van der Waals surface area contributed by atoms with Crippen LogP contribution >= 0.6 is 11.8 Å². The Kier molecular flexibility index (Phi) is 3.46. The van der Waals surface area contributed by atoms with E-state index in [9.17, 15) is 8.42 Å². The Morgan fingerprint density at radius 2 is 2.00 bits per heavy atom. The lowest BCUT2D eigenvalue weighted by Gasteiger charge is -2.20. The van der Waals surface area contributed by atoms with Crippen molar-refractivity contribution >= 4 is 21.8 Å². The summed E-state index contributed by atoms with van der Waals surface area (Å²) in [4.78, 5) is 1.25. The van der Waals surface area contributed by atoms with Gasteiger partial charge in [0.15, 0.2) is 0 Å². The van der Waals surface area contributed by atoms with Gasteiger partial charge in [0.1, 0.15) is 5.50 Å². The molecule has 1 aliphatic heterocycles. The summed E-state index contributed by atoms with van der Waals surface area (Å²) in [7, 11) is -3.52. The zero-order chi connectivity index (χ0) is 12.5. The third-order valence-corrected chi connectivity index (χ3v) is 5.52. The molecule has 0 saturated carbocycles. The van der Waals surface area contributed by atoms with Crippen LogP contribution in [0.25, 0.3) is 0 Å². The smallest absolute Gasteiger partial charge is 0.265 e. The minimum absolute atomic E-state index is 0.268. The van der Waals surface area contributed by atoms with Gasteiger partial charge in [0, 0.05) is 11.1 Å². The van der Waals surface area contributed by atoms with Crippen molar-refractivity contribution in [1.29, 1.82) is 0 Å². The predicted molar refractivity (Wildman–Crippen MR) is 69.4 cm³/mol. The molecule has 17 heavy (non-hydrogen) atoms. The molecule has 1 unspecified atom stereocenters. The Morgan fingerprint density at radius 1 is 1.35 bits per heavy atom. The van der Waals surface area contributed by atoms with E-state index in [0.29, 0.717) is 0 Å². The molecule has 0 bridgehead atoms. The molecule has 1 aromatic rings. The molecule has 4 nitrogen and oxygen atoms in total. The van der Waals surface area contributed by atoms with Gasteiger partial charge < -0.3 is 5.73 Å². The fourth-order valence-corrected chi connectivity index (χ4v) is 4.18. The summed E-state index contributed by atoms with van der Waals surface area (Å²) >= 11 is 1.38. The summed E-state index contributed by atoms with van der Waals surface area (Å²) in [6.07, 6.45) is 2.41. The standard InChI is InChI=1S/C11H14N2O2S2/c1-2-9-8-13(11(12)16-9)17(14,15)10-6-4-3-5-7-10/h3-8,11H,2,12H2,1H3. The number of benzene rings is 1. The molecule has 0 aromatic heterocycles. The van der Waals surface area contributed by atoms with Crippen molar-refractivity contribution < 1.29 is 8.42 Å². The third-order valence-electron chi connectivity index (χ3n) is 2.46. The minimum Gasteiger partial charge on any atom is -0.301 e. The van der Waals surface area contributed by atoms with E-state index in [4.69, 9.17) is 5.73 Å². The first-order chi connectivity index (χ1) is 8.05. The number of nitrogens with two attached hydrogens (primary N) is 1. The van der Waals surface area contributed by atoms with Gasteiger partial charge in [-0.2, -0.15) is 0 Å². The molecule has 92 valence electrons. The van der Waals surface area contributed by atoms with E-state index in [-0.39, 0.29) is 4.90 Å². The number of hydrogen-bond donors (Lipinski definition) is 1. The number of thioether (sulfide) groups is 1. The molecule has 1 heterocycles. The van der Waals surface area contributed by atoms with Crippen LogP contribution in [-0.4, -0.2) is 18.2 Å². The monoisotopic (exact) mass is 270 g/mol. The Balaban J connectivity index is 2.38. The molecule has 0 radical (unpaired) electrons. The summed E-state index contributed by atoms with van der Waals surface area (Å²) in [5.41, 5.74) is 5.27. The van der Waals surface area contributed by atoms with Crippen LogP contribution in [0.4, 0.5) is 0 Å². The van der Waals surface area contributed by atoms with Crippen molar-refractivity contribution in [1.82, 2.24) is 4.31 Å². The molecule has 1 aromatic carbocycles. The highest BCUT2D eigenvalue weighted by Gasteiger charge is 2.32. The maximum absolute atomic E-state index is 12.3. The van der Waals surface area contributed by atoms with Crippen LogP contribution in [0.1, 0.15) is 13.3 Å². The van der Waals surface area contributed by atoms with Gasteiger partial charge in [-0.15, -0.1) is 0 Å².